The van der Waals surface area contributed by atoms with Gasteiger partial charge in [-0.25, -0.2) is 12.8 Å². The molecule has 11 nitrogen and oxygen atoms in total. The molecule has 1 saturated heterocycles. The minimum Gasteiger partial charge on any atom is -0.460 e. The molecule has 0 atom stereocenters. The zero-order valence-electron chi connectivity index (χ0n) is 30.6. The van der Waals surface area contributed by atoms with E-state index in [9.17, 15) is 30.8 Å². The fourth-order valence-corrected chi connectivity index (χ4v) is 7.40. The molecule has 0 bridgehead atoms. The van der Waals surface area contributed by atoms with Crippen LogP contribution >= 0.6 is 0 Å². The highest BCUT2D eigenvalue weighted by Crippen LogP contribution is 2.48. The number of sulfonamides is 1. The van der Waals surface area contributed by atoms with Gasteiger partial charge in [0.25, 0.3) is 5.91 Å². The van der Waals surface area contributed by atoms with Crippen LogP contribution < -0.4 is 20.2 Å². The van der Waals surface area contributed by atoms with Crippen LogP contribution in [0.25, 0.3) is 11.0 Å². The highest BCUT2D eigenvalue weighted by atomic mass is 32.2. The average molecular weight is 777 g/mol. The van der Waals surface area contributed by atoms with Gasteiger partial charge >= 0.3 is 13.5 Å². The number of furan rings is 1. The standard InChI is InChI=1S/C37H41BF4N2O9S/c1-35(2)36(3,4)53-38(52-35)33-24(19-49-20-48-5)13-22(15-31(33)51-37(40,41)42)18-44(54(6,46)47)28-17-29-27(16-26(28)23-9-10-23)32(34(43)45)30(50-29)14-21-7-11-25(39)12-8-21/h7-8,11-13,15-17,23H,9-10,14,18-20H2,1-6H3,(H2,43,45). The highest BCUT2D eigenvalue weighted by Gasteiger charge is 2.53. The summed E-state index contributed by atoms with van der Waals surface area (Å²) in [5.41, 5.74) is 5.98. The summed E-state index contributed by atoms with van der Waals surface area (Å²) in [6.45, 7) is 6.13. The second-order valence-corrected chi connectivity index (χ2v) is 16.5. The molecule has 3 aromatic carbocycles. The smallest absolute Gasteiger partial charge is 0.460 e. The number of anilines is 1. The van der Waals surface area contributed by atoms with Crippen molar-refractivity contribution in [2.75, 3.05) is 24.5 Å². The lowest BCUT2D eigenvalue weighted by atomic mass is 9.74. The number of benzene rings is 3. The number of ether oxygens (including phenoxy) is 3. The SMILES string of the molecule is COCOCc1cc(CN(c2cc3oc(Cc4ccc(F)cc4)c(C(N)=O)c3cc2C2CC2)S(C)(=O)=O)cc(OC(F)(F)F)c1B1OC(C)(C)C(C)(C)O1. The van der Waals surface area contributed by atoms with E-state index in [1.165, 1.54) is 31.4 Å². The number of nitrogens with two attached hydrogens (primary N) is 1. The molecule has 2 heterocycles. The van der Waals surface area contributed by atoms with Gasteiger partial charge in [-0.3, -0.25) is 9.10 Å². The second kappa shape index (κ2) is 14.5. The van der Waals surface area contributed by atoms with E-state index in [1.54, 1.807) is 45.9 Å². The molecule has 0 unspecified atom stereocenters. The predicted molar refractivity (Wildman–Crippen MR) is 192 cm³/mol. The van der Waals surface area contributed by atoms with Crippen LogP contribution in [-0.4, -0.2) is 59.2 Å². The van der Waals surface area contributed by atoms with Crippen molar-refractivity contribution >= 4 is 45.2 Å². The normalized spacial score (nSPS) is 17.0. The number of carbonyl (C=O) groups excluding carboxylic acids is 1. The van der Waals surface area contributed by atoms with E-state index < -0.39 is 58.7 Å². The van der Waals surface area contributed by atoms with Crippen molar-refractivity contribution in [3.8, 4) is 5.75 Å². The Morgan fingerprint density at radius 2 is 1.67 bits per heavy atom. The van der Waals surface area contributed by atoms with Crippen molar-refractivity contribution in [2.45, 2.75) is 83.6 Å². The molecule has 1 amide bonds. The van der Waals surface area contributed by atoms with Crippen molar-refractivity contribution in [3.05, 3.63) is 87.9 Å². The number of amides is 1. The van der Waals surface area contributed by atoms with Gasteiger partial charge in [0.15, 0.2) is 0 Å². The van der Waals surface area contributed by atoms with Gasteiger partial charge in [0, 0.05) is 30.4 Å². The van der Waals surface area contributed by atoms with Gasteiger partial charge in [-0.2, -0.15) is 0 Å². The number of rotatable bonds is 14. The first-order valence-electron chi connectivity index (χ1n) is 17.1. The molecule has 4 aromatic rings. The number of alkyl halides is 3. The molecule has 290 valence electrons. The summed E-state index contributed by atoms with van der Waals surface area (Å²) in [5.74, 6) is -1.71. The number of hydrogen-bond acceptors (Lipinski definition) is 9. The molecule has 54 heavy (non-hydrogen) atoms. The molecule has 2 N–H and O–H groups in total. The molecule has 6 rings (SSSR count). The molecule has 1 aromatic heterocycles. The van der Waals surface area contributed by atoms with Gasteiger partial charge in [0.2, 0.25) is 10.0 Å². The summed E-state index contributed by atoms with van der Waals surface area (Å²) in [6, 6.07) is 11.5. The van der Waals surface area contributed by atoms with E-state index in [4.69, 9.17) is 28.9 Å². The summed E-state index contributed by atoms with van der Waals surface area (Å²) >= 11 is 0. The molecule has 1 saturated carbocycles. The number of primary amides is 1. The molecule has 2 aliphatic rings. The van der Waals surface area contributed by atoms with Crippen molar-refractivity contribution < 1.29 is 58.7 Å². The summed E-state index contributed by atoms with van der Waals surface area (Å²) in [4.78, 5) is 12.8. The Morgan fingerprint density at radius 1 is 1.02 bits per heavy atom. The van der Waals surface area contributed by atoms with Gasteiger partial charge in [-0.05, 0) is 93.0 Å². The second-order valence-electron chi connectivity index (χ2n) is 14.6. The van der Waals surface area contributed by atoms with Gasteiger partial charge in [-0.1, -0.05) is 18.2 Å². The summed E-state index contributed by atoms with van der Waals surface area (Å²) in [6.07, 6.45) is -2.59. The first kappa shape index (κ1) is 39.5. The fraction of sp³-hybridized carbons (Fsp3) is 0.432. The average Bonchev–Trinajstić information content (AvgIpc) is 3.79. The number of hydrogen-bond donors (Lipinski definition) is 1. The van der Waals surface area contributed by atoms with Crippen LogP contribution in [0.4, 0.5) is 23.2 Å². The molecule has 0 spiro atoms. The minimum atomic E-state index is -5.13. The van der Waals surface area contributed by atoms with Crippen LogP contribution in [-0.2, 0) is 48.4 Å². The number of nitrogens with zero attached hydrogens (tertiary/aromatic N) is 1. The lowest BCUT2D eigenvalue weighted by molar-refractivity contribution is -0.274. The number of halogens is 4. The first-order valence-corrected chi connectivity index (χ1v) is 19.0. The van der Waals surface area contributed by atoms with Crippen LogP contribution in [0.3, 0.4) is 0 Å². The lowest BCUT2D eigenvalue weighted by Crippen LogP contribution is -2.41. The zero-order chi connectivity index (χ0) is 39.4. The monoisotopic (exact) mass is 776 g/mol. The molecular formula is C37H41BF4N2O9S. The molecule has 1 aliphatic carbocycles. The quantitative estimate of drug-likeness (QED) is 0.0665. The fourth-order valence-electron chi connectivity index (χ4n) is 6.50. The number of fused-ring (bicyclic) bond motifs is 1. The maximum atomic E-state index is 14.0. The van der Waals surface area contributed by atoms with E-state index in [2.05, 4.69) is 4.74 Å². The number of methoxy groups -OCH3 is 1. The van der Waals surface area contributed by atoms with Gasteiger partial charge in [0.05, 0.1) is 41.9 Å². The summed E-state index contributed by atoms with van der Waals surface area (Å²) in [5, 5.41) is 0.379. The Morgan fingerprint density at radius 3 is 2.22 bits per heavy atom. The van der Waals surface area contributed by atoms with Crippen LogP contribution in [0.15, 0.2) is 52.9 Å². The van der Waals surface area contributed by atoms with Crippen LogP contribution in [0.2, 0.25) is 0 Å². The Balaban J connectivity index is 1.48. The summed E-state index contributed by atoms with van der Waals surface area (Å²) in [7, 11) is -4.03. The third-order valence-corrected chi connectivity index (χ3v) is 11.0. The van der Waals surface area contributed by atoms with E-state index in [1.807, 2.05) is 0 Å². The third kappa shape index (κ3) is 8.39. The number of carbonyl (C=O) groups is 1. The largest absolute Gasteiger partial charge is 0.573 e. The van der Waals surface area contributed by atoms with Crippen molar-refractivity contribution in [1.82, 2.24) is 0 Å². The molecule has 0 radical (unpaired) electrons. The van der Waals surface area contributed by atoms with Crippen molar-refractivity contribution in [3.63, 3.8) is 0 Å². The van der Waals surface area contributed by atoms with E-state index in [0.717, 1.165) is 29.5 Å². The predicted octanol–water partition coefficient (Wildman–Crippen LogP) is 6.42. The van der Waals surface area contributed by atoms with Crippen LogP contribution in [0.5, 0.6) is 5.75 Å². The van der Waals surface area contributed by atoms with Crippen LogP contribution in [0.1, 0.15) is 84.8 Å². The van der Waals surface area contributed by atoms with E-state index >= 15 is 0 Å². The van der Waals surface area contributed by atoms with Gasteiger partial charge < -0.3 is 33.7 Å². The van der Waals surface area contributed by atoms with Crippen molar-refractivity contribution in [2.24, 2.45) is 5.73 Å². The molecular weight excluding hydrogens is 735 g/mol. The highest BCUT2D eigenvalue weighted by molar-refractivity contribution is 7.92. The minimum absolute atomic E-state index is 0.0694. The van der Waals surface area contributed by atoms with Gasteiger partial charge in [-0.15, -0.1) is 13.2 Å². The zero-order valence-corrected chi connectivity index (χ0v) is 31.5. The Labute approximate surface area is 310 Å². The molecule has 2 fully saturated rings. The summed E-state index contributed by atoms with van der Waals surface area (Å²) < 4.78 is 118. The Hall–Kier alpha value is -4.16. The van der Waals surface area contributed by atoms with Crippen molar-refractivity contribution in [1.29, 1.82) is 0 Å². The van der Waals surface area contributed by atoms with E-state index in [0.29, 0.717) is 16.5 Å². The maximum Gasteiger partial charge on any atom is 0.573 e. The molecule has 1 aliphatic heterocycles. The topological polar surface area (TPSA) is 140 Å². The van der Waals surface area contributed by atoms with Gasteiger partial charge in [0.1, 0.15) is 29.7 Å². The Kier molecular flexibility index (Phi) is 10.6. The lowest BCUT2D eigenvalue weighted by Gasteiger charge is -2.32. The molecule has 17 heteroatoms. The first-order chi connectivity index (χ1) is 25.2. The van der Waals surface area contributed by atoms with E-state index in [-0.39, 0.29) is 64.9 Å². The maximum absolute atomic E-state index is 14.0. The van der Waals surface area contributed by atoms with Crippen LogP contribution in [0, 0.1) is 5.82 Å². The third-order valence-electron chi connectivity index (χ3n) is 9.91. The Bertz CT molecular complexity index is 2150.